The van der Waals surface area contributed by atoms with Gasteiger partial charge in [-0.25, -0.2) is 0 Å². The topological polar surface area (TPSA) is 41.6 Å². The van der Waals surface area contributed by atoms with Gasteiger partial charge in [0.2, 0.25) is 5.91 Å². The highest BCUT2D eigenvalue weighted by atomic mass is 16.5. The van der Waals surface area contributed by atoms with Crippen molar-refractivity contribution in [3.8, 4) is 5.75 Å². The monoisotopic (exact) mass is 276 g/mol. The van der Waals surface area contributed by atoms with Gasteiger partial charge in [0.05, 0.1) is 6.61 Å². The second-order valence-corrected chi connectivity index (χ2v) is 4.75. The minimum absolute atomic E-state index is 0.0740. The molecule has 1 rings (SSSR count). The summed E-state index contributed by atoms with van der Waals surface area (Å²) in [5.74, 6) is 0.724. The van der Waals surface area contributed by atoms with Crippen molar-refractivity contribution in [2.24, 2.45) is 0 Å². The molecule has 0 aromatic heterocycles. The van der Waals surface area contributed by atoms with Crippen molar-refractivity contribution in [1.82, 2.24) is 10.2 Å². The van der Waals surface area contributed by atoms with Crippen LogP contribution < -0.4 is 10.1 Å². The van der Waals surface area contributed by atoms with E-state index in [2.05, 4.69) is 10.2 Å². The van der Waals surface area contributed by atoms with E-state index in [-0.39, 0.29) is 5.91 Å². The van der Waals surface area contributed by atoms with Crippen molar-refractivity contribution < 1.29 is 9.53 Å². The molecule has 1 aromatic carbocycles. The van der Waals surface area contributed by atoms with Gasteiger partial charge in [-0.2, -0.15) is 0 Å². The number of rotatable bonds is 8. The number of hydrogen-bond donors (Lipinski definition) is 1. The Labute approximate surface area is 121 Å². The number of benzene rings is 1. The van der Waals surface area contributed by atoms with Gasteiger partial charge in [-0.1, -0.05) is 18.2 Å². The lowest BCUT2D eigenvalue weighted by Gasteiger charge is -2.09. The van der Waals surface area contributed by atoms with Crippen molar-refractivity contribution >= 4 is 12.0 Å². The number of nitrogens with zero attached hydrogens (tertiary/aromatic N) is 1. The number of nitrogens with one attached hydrogen (secondary N) is 1. The summed E-state index contributed by atoms with van der Waals surface area (Å²) in [5.41, 5.74) is 0.915. The summed E-state index contributed by atoms with van der Waals surface area (Å²) in [7, 11) is 4.04. The maximum Gasteiger partial charge on any atom is 0.244 e. The smallest absolute Gasteiger partial charge is 0.244 e. The van der Waals surface area contributed by atoms with Crippen LogP contribution >= 0.6 is 0 Å². The summed E-state index contributed by atoms with van der Waals surface area (Å²) in [6.07, 6.45) is 4.28. The molecule has 0 aliphatic rings. The van der Waals surface area contributed by atoms with Gasteiger partial charge in [0.1, 0.15) is 5.75 Å². The Morgan fingerprint density at radius 2 is 2.10 bits per heavy atom. The maximum absolute atomic E-state index is 11.7. The molecule has 0 saturated carbocycles. The van der Waals surface area contributed by atoms with Gasteiger partial charge in [-0.3, -0.25) is 4.79 Å². The molecule has 0 fully saturated rings. The number of carbonyl (C=O) groups excluding carboxylic acids is 1. The van der Waals surface area contributed by atoms with E-state index in [9.17, 15) is 4.79 Å². The Morgan fingerprint density at radius 3 is 2.80 bits per heavy atom. The van der Waals surface area contributed by atoms with Crippen LogP contribution in [0.3, 0.4) is 0 Å². The van der Waals surface area contributed by atoms with E-state index in [0.29, 0.717) is 13.2 Å². The first kappa shape index (κ1) is 16.2. The maximum atomic E-state index is 11.7. The third kappa shape index (κ3) is 6.38. The largest absolute Gasteiger partial charge is 0.493 e. The van der Waals surface area contributed by atoms with E-state index in [4.69, 9.17) is 4.74 Å². The van der Waals surface area contributed by atoms with Crippen molar-refractivity contribution in [2.75, 3.05) is 33.8 Å². The second kappa shape index (κ2) is 9.15. The first-order valence-corrected chi connectivity index (χ1v) is 6.96. The average molecular weight is 276 g/mol. The van der Waals surface area contributed by atoms with Crippen LogP contribution in [0, 0.1) is 0 Å². The molecule has 1 amide bonds. The summed E-state index contributed by atoms with van der Waals surface area (Å²) < 4.78 is 5.51. The van der Waals surface area contributed by atoms with E-state index in [1.54, 1.807) is 12.2 Å². The Balaban J connectivity index is 2.45. The molecule has 0 aliphatic heterocycles. The average Bonchev–Trinajstić information content (AvgIpc) is 2.43. The van der Waals surface area contributed by atoms with Crippen LogP contribution in [0.25, 0.3) is 6.08 Å². The zero-order chi connectivity index (χ0) is 14.8. The van der Waals surface area contributed by atoms with Crippen LogP contribution in [0.2, 0.25) is 0 Å². The highest BCUT2D eigenvalue weighted by Gasteiger charge is 2.00. The predicted octanol–water partition coefficient (Wildman–Crippen LogP) is 2.17. The Bertz CT molecular complexity index is 442. The fourth-order valence-corrected chi connectivity index (χ4v) is 1.74. The van der Waals surface area contributed by atoms with Crippen molar-refractivity contribution in [3.05, 3.63) is 35.9 Å². The normalized spacial score (nSPS) is 11.0. The van der Waals surface area contributed by atoms with Gasteiger partial charge >= 0.3 is 0 Å². The molecule has 0 spiro atoms. The molecule has 0 unspecified atom stereocenters. The van der Waals surface area contributed by atoms with E-state index in [1.165, 1.54) is 0 Å². The first-order chi connectivity index (χ1) is 9.63. The molecule has 4 heteroatoms. The number of hydrogen-bond acceptors (Lipinski definition) is 3. The molecule has 0 atom stereocenters. The summed E-state index contributed by atoms with van der Waals surface area (Å²) in [6.45, 7) is 4.21. The lowest BCUT2D eigenvalue weighted by Crippen LogP contribution is -2.25. The van der Waals surface area contributed by atoms with E-state index >= 15 is 0 Å². The van der Waals surface area contributed by atoms with E-state index < -0.39 is 0 Å². The van der Waals surface area contributed by atoms with Gasteiger partial charge in [0, 0.05) is 18.2 Å². The molecule has 1 aromatic rings. The Hall–Kier alpha value is -1.81. The van der Waals surface area contributed by atoms with Gasteiger partial charge in [-0.05, 0) is 46.1 Å². The molecular formula is C16H24N2O2. The summed E-state index contributed by atoms with van der Waals surface area (Å²) >= 11 is 0. The molecule has 110 valence electrons. The van der Waals surface area contributed by atoms with Gasteiger partial charge in [0.25, 0.3) is 0 Å². The highest BCUT2D eigenvalue weighted by Crippen LogP contribution is 2.19. The summed E-state index contributed by atoms with van der Waals surface area (Å²) in [5, 5.41) is 2.87. The number of carbonyl (C=O) groups is 1. The second-order valence-electron chi connectivity index (χ2n) is 4.75. The molecule has 1 N–H and O–H groups in total. The number of amides is 1. The molecule has 4 nitrogen and oxygen atoms in total. The van der Waals surface area contributed by atoms with E-state index in [0.717, 1.165) is 24.3 Å². The molecule has 0 aliphatic carbocycles. The third-order valence-electron chi connectivity index (χ3n) is 2.71. The third-order valence-corrected chi connectivity index (χ3v) is 2.71. The van der Waals surface area contributed by atoms with Crippen LogP contribution in [0.5, 0.6) is 5.75 Å². The standard InChI is InChI=1S/C16H24N2O2/c1-4-20-15-9-6-5-8-14(15)10-11-16(19)17-12-7-13-18(2)3/h5-6,8-11H,4,7,12-13H2,1-3H3,(H,17,19)/b11-10+. The predicted molar refractivity (Wildman–Crippen MR) is 82.8 cm³/mol. The zero-order valence-electron chi connectivity index (χ0n) is 12.6. The summed E-state index contributed by atoms with van der Waals surface area (Å²) in [4.78, 5) is 13.8. The number of para-hydroxylation sites is 1. The van der Waals surface area contributed by atoms with Crippen LogP contribution in [0.15, 0.2) is 30.3 Å². The molecule has 0 radical (unpaired) electrons. The van der Waals surface area contributed by atoms with Gasteiger partial charge in [-0.15, -0.1) is 0 Å². The molecule has 0 heterocycles. The van der Waals surface area contributed by atoms with Crippen molar-refractivity contribution in [3.63, 3.8) is 0 Å². The van der Waals surface area contributed by atoms with Crippen LogP contribution in [-0.4, -0.2) is 44.6 Å². The van der Waals surface area contributed by atoms with Crippen LogP contribution in [-0.2, 0) is 4.79 Å². The van der Waals surface area contributed by atoms with E-state index in [1.807, 2.05) is 45.3 Å². The minimum Gasteiger partial charge on any atom is -0.493 e. The number of ether oxygens (including phenoxy) is 1. The quantitative estimate of drug-likeness (QED) is 0.584. The molecular weight excluding hydrogens is 252 g/mol. The van der Waals surface area contributed by atoms with Crippen molar-refractivity contribution in [2.45, 2.75) is 13.3 Å². The molecule has 0 bridgehead atoms. The molecule has 20 heavy (non-hydrogen) atoms. The van der Waals surface area contributed by atoms with Gasteiger partial charge < -0.3 is 15.0 Å². The van der Waals surface area contributed by atoms with Gasteiger partial charge in [0.15, 0.2) is 0 Å². The lowest BCUT2D eigenvalue weighted by molar-refractivity contribution is -0.116. The molecule has 0 saturated heterocycles. The minimum atomic E-state index is -0.0740. The van der Waals surface area contributed by atoms with Crippen molar-refractivity contribution in [1.29, 1.82) is 0 Å². The fraction of sp³-hybridized carbons (Fsp3) is 0.438. The fourth-order valence-electron chi connectivity index (χ4n) is 1.74. The Morgan fingerprint density at radius 1 is 1.35 bits per heavy atom. The van der Waals surface area contributed by atoms with Crippen LogP contribution in [0.4, 0.5) is 0 Å². The highest BCUT2D eigenvalue weighted by molar-refractivity contribution is 5.92. The zero-order valence-corrected chi connectivity index (χ0v) is 12.6. The lowest BCUT2D eigenvalue weighted by atomic mass is 10.2. The first-order valence-electron chi connectivity index (χ1n) is 6.96. The Kier molecular flexibility index (Phi) is 7.43. The van der Waals surface area contributed by atoms with Crippen LogP contribution in [0.1, 0.15) is 18.9 Å². The SMILES string of the molecule is CCOc1ccccc1/C=C/C(=O)NCCCN(C)C. The summed E-state index contributed by atoms with van der Waals surface area (Å²) in [6, 6.07) is 7.68.